The summed E-state index contributed by atoms with van der Waals surface area (Å²) in [6.45, 7) is 1.11. The number of unbranched alkanes of at least 4 members (excludes halogenated alkanes) is 7. The maximum absolute atomic E-state index is 11.4. The molecule has 0 amide bonds. The number of hydrogen-bond donors (Lipinski definition) is 3. The molecule has 20 heavy (non-hydrogen) atoms. The number of hydrogen-bond acceptors (Lipinski definition) is 4. The summed E-state index contributed by atoms with van der Waals surface area (Å²) in [4.78, 5) is 37.8. The van der Waals surface area contributed by atoms with Gasteiger partial charge in [-0.05, 0) is 19.4 Å². The van der Waals surface area contributed by atoms with Gasteiger partial charge >= 0.3 is 17.1 Å². The van der Waals surface area contributed by atoms with E-state index in [2.05, 4.69) is 0 Å². The molecule has 1 aromatic heterocycles. The Balaban J connectivity index is 2.18. The molecule has 0 saturated carbocycles. The number of nitrogens with two attached hydrogens (primary N) is 1. The van der Waals surface area contributed by atoms with E-state index in [-0.39, 0.29) is 0 Å². The van der Waals surface area contributed by atoms with Gasteiger partial charge in [0, 0.05) is 6.54 Å². The molecular weight excluding hydrogens is 260 g/mol. The van der Waals surface area contributed by atoms with Crippen molar-refractivity contribution in [1.82, 2.24) is 14.5 Å². The van der Waals surface area contributed by atoms with Crippen LogP contribution in [0.2, 0.25) is 0 Å². The van der Waals surface area contributed by atoms with Crippen molar-refractivity contribution < 1.29 is 0 Å². The molecule has 7 nitrogen and oxygen atoms in total. The quantitative estimate of drug-likeness (QED) is 0.536. The largest absolute Gasteiger partial charge is 0.333 e. The average Bonchev–Trinajstić information content (AvgIpc) is 2.39. The van der Waals surface area contributed by atoms with E-state index in [0.29, 0.717) is 6.54 Å². The molecule has 114 valence electrons. The third-order valence-corrected chi connectivity index (χ3v) is 3.27. The van der Waals surface area contributed by atoms with Crippen LogP contribution in [-0.4, -0.2) is 21.1 Å². The smallest absolute Gasteiger partial charge is 0.330 e. The lowest BCUT2D eigenvalue weighted by Gasteiger charge is -2.03. The number of aromatic nitrogens is 3. The van der Waals surface area contributed by atoms with Gasteiger partial charge in [-0.15, -0.1) is 0 Å². The normalized spacial score (nSPS) is 10.8. The van der Waals surface area contributed by atoms with Crippen LogP contribution < -0.4 is 22.8 Å². The Morgan fingerprint density at radius 1 is 0.750 bits per heavy atom. The minimum atomic E-state index is -0.756. The minimum absolute atomic E-state index is 0.345. The highest BCUT2D eigenvalue weighted by Gasteiger charge is 2.02. The summed E-state index contributed by atoms with van der Waals surface area (Å²) < 4.78 is 1.03. The zero-order chi connectivity index (χ0) is 14.8. The lowest BCUT2D eigenvalue weighted by Crippen LogP contribution is -2.43. The van der Waals surface area contributed by atoms with Gasteiger partial charge in [-0.25, -0.2) is 19.0 Å². The van der Waals surface area contributed by atoms with Crippen LogP contribution in [0, 0.1) is 0 Å². The summed E-state index contributed by atoms with van der Waals surface area (Å²) in [5.74, 6) is 0. The van der Waals surface area contributed by atoms with E-state index in [1.165, 1.54) is 25.7 Å². The van der Waals surface area contributed by atoms with Crippen LogP contribution in [0.15, 0.2) is 14.4 Å². The molecule has 0 aliphatic carbocycles. The molecule has 1 aromatic rings. The molecule has 7 heteroatoms. The monoisotopic (exact) mass is 284 g/mol. The van der Waals surface area contributed by atoms with E-state index in [9.17, 15) is 14.4 Å². The standard InChI is InChI=1S/C13H24N4O3/c14-9-7-5-3-1-2-4-6-8-10-17-12(19)15-11(18)16-13(17)20/h1-10,14H2,(H2,15,16,18,19,20). The fourth-order valence-electron chi connectivity index (χ4n) is 2.13. The second-order valence-corrected chi connectivity index (χ2v) is 4.96. The van der Waals surface area contributed by atoms with E-state index < -0.39 is 17.1 Å². The summed E-state index contributed by atoms with van der Waals surface area (Å²) in [6, 6.07) is 0. The van der Waals surface area contributed by atoms with Crippen molar-refractivity contribution in [1.29, 1.82) is 0 Å². The molecule has 4 N–H and O–H groups in total. The van der Waals surface area contributed by atoms with Gasteiger partial charge in [0.05, 0.1) is 0 Å². The van der Waals surface area contributed by atoms with Gasteiger partial charge in [0.1, 0.15) is 0 Å². The van der Waals surface area contributed by atoms with E-state index in [1.54, 1.807) is 0 Å². The molecule has 0 aliphatic heterocycles. The lowest BCUT2D eigenvalue weighted by atomic mass is 10.1. The summed E-state index contributed by atoms with van der Waals surface area (Å²) in [5.41, 5.74) is 3.39. The van der Waals surface area contributed by atoms with Gasteiger partial charge in [-0.2, -0.15) is 0 Å². The Hall–Kier alpha value is -1.63. The van der Waals surface area contributed by atoms with Gasteiger partial charge in [-0.3, -0.25) is 9.97 Å². The highest BCUT2D eigenvalue weighted by Crippen LogP contribution is 2.08. The van der Waals surface area contributed by atoms with Crippen molar-refractivity contribution in [2.45, 2.75) is 57.9 Å². The lowest BCUT2D eigenvalue weighted by molar-refractivity contribution is 0.515. The number of rotatable bonds is 10. The predicted molar refractivity (Wildman–Crippen MR) is 77.9 cm³/mol. The molecule has 0 saturated heterocycles. The topological polar surface area (TPSA) is 114 Å². The molecule has 0 unspecified atom stereocenters. The molecular formula is C13H24N4O3. The Morgan fingerprint density at radius 3 is 1.70 bits per heavy atom. The molecule has 0 aromatic carbocycles. The molecule has 0 radical (unpaired) electrons. The van der Waals surface area contributed by atoms with Crippen LogP contribution in [-0.2, 0) is 6.54 Å². The summed E-state index contributed by atoms with van der Waals surface area (Å²) in [5, 5.41) is 0. The maximum atomic E-state index is 11.4. The Kier molecular flexibility index (Phi) is 7.64. The number of nitrogens with one attached hydrogen (secondary N) is 2. The zero-order valence-corrected chi connectivity index (χ0v) is 11.8. The van der Waals surface area contributed by atoms with Gasteiger partial charge in [0.2, 0.25) is 0 Å². The van der Waals surface area contributed by atoms with Gasteiger partial charge in [-0.1, -0.05) is 38.5 Å². The maximum Gasteiger partial charge on any atom is 0.333 e. The van der Waals surface area contributed by atoms with Crippen molar-refractivity contribution in [2.75, 3.05) is 6.54 Å². The van der Waals surface area contributed by atoms with Crippen LogP contribution in [0.1, 0.15) is 51.4 Å². The first kappa shape index (κ1) is 16.4. The summed E-state index contributed by atoms with van der Waals surface area (Å²) in [6.07, 6.45) is 8.71. The molecule has 0 aliphatic rings. The highest BCUT2D eigenvalue weighted by molar-refractivity contribution is 4.68. The Bertz CT molecular complexity index is 509. The SMILES string of the molecule is NCCCCCCCCCCn1c(=O)[nH]c(=O)[nH]c1=O. The first-order valence-corrected chi connectivity index (χ1v) is 7.28. The van der Waals surface area contributed by atoms with Crippen molar-refractivity contribution >= 4 is 0 Å². The van der Waals surface area contributed by atoms with Gasteiger partial charge in [0.15, 0.2) is 0 Å². The number of aromatic amines is 2. The second-order valence-electron chi connectivity index (χ2n) is 4.96. The fourth-order valence-corrected chi connectivity index (χ4v) is 2.13. The third kappa shape index (κ3) is 6.01. The van der Waals surface area contributed by atoms with E-state index >= 15 is 0 Å². The van der Waals surface area contributed by atoms with Gasteiger partial charge in [0.25, 0.3) is 0 Å². The predicted octanol–water partition coefficient (Wildman–Crippen LogP) is 0.304. The zero-order valence-electron chi connectivity index (χ0n) is 11.8. The summed E-state index contributed by atoms with van der Waals surface area (Å²) >= 11 is 0. The molecule has 0 bridgehead atoms. The molecule has 1 rings (SSSR count). The van der Waals surface area contributed by atoms with Crippen molar-refractivity contribution in [2.24, 2.45) is 5.73 Å². The minimum Gasteiger partial charge on any atom is -0.330 e. The molecule has 0 fully saturated rings. The van der Waals surface area contributed by atoms with Crippen molar-refractivity contribution in [3.05, 3.63) is 31.5 Å². The highest BCUT2D eigenvalue weighted by atomic mass is 16.2. The Labute approximate surface area is 117 Å². The first-order chi connectivity index (χ1) is 9.65. The van der Waals surface area contributed by atoms with Crippen molar-refractivity contribution in [3.63, 3.8) is 0 Å². The van der Waals surface area contributed by atoms with Crippen LogP contribution >= 0.6 is 0 Å². The van der Waals surface area contributed by atoms with Gasteiger partial charge < -0.3 is 5.73 Å². The van der Waals surface area contributed by atoms with Crippen LogP contribution in [0.5, 0.6) is 0 Å². The third-order valence-electron chi connectivity index (χ3n) is 3.27. The second kappa shape index (κ2) is 9.30. The van der Waals surface area contributed by atoms with E-state index in [4.69, 9.17) is 5.73 Å². The molecule has 0 spiro atoms. The molecule has 1 heterocycles. The van der Waals surface area contributed by atoms with E-state index in [0.717, 1.165) is 36.8 Å². The number of H-pyrrole nitrogens is 2. The average molecular weight is 284 g/mol. The fraction of sp³-hybridized carbons (Fsp3) is 0.769. The van der Waals surface area contributed by atoms with Crippen LogP contribution in [0.25, 0.3) is 0 Å². The summed E-state index contributed by atoms with van der Waals surface area (Å²) in [7, 11) is 0. The molecule has 0 atom stereocenters. The van der Waals surface area contributed by atoms with Crippen LogP contribution in [0.4, 0.5) is 0 Å². The first-order valence-electron chi connectivity index (χ1n) is 7.28. The van der Waals surface area contributed by atoms with Crippen LogP contribution in [0.3, 0.4) is 0 Å². The Morgan fingerprint density at radius 2 is 1.20 bits per heavy atom. The van der Waals surface area contributed by atoms with E-state index in [1.807, 2.05) is 9.97 Å². The van der Waals surface area contributed by atoms with Crippen molar-refractivity contribution in [3.8, 4) is 0 Å². The number of nitrogens with zero attached hydrogens (tertiary/aromatic N) is 1.